The van der Waals surface area contributed by atoms with Crippen molar-refractivity contribution < 1.29 is 9.53 Å². The monoisotopic (exact) mass is 563 g/mol. The Morgan fingerprint density at radius 3 is 1.07 bits per heavy atom. The zero-order valence-electron chi connectivity index (χ0n) is 27.8. The van der Waals surface area contributed by atoms with Crippen molar-refractivity contribution in [3.8, 4) is 0 Å². The van der Waals surface area contributed by atoms with Crippen LogP contribution in [0.15, 0.2) is 12.2 Å². The normalized spacial score (nSPS) is 11.6. The van der Waals surface area contributed by atoms with Crippen LogP contribution in [0.3, 0.4) is 0 Å². The van der Waals surface area contributed by atoms with Crippen molar-refractivity contribution in [1.82, 2.24) is 0 Å². The van der Waals surface area contributed by atoms with E-state index >= 15 is 0 Å². The Morgan fingerprint density at radius 1 is 0.400 bits per heavy atom. The van der Waals surface area contributed by atoms with Gasteiger partial charge in [0.05, 0.1) is 6.61 Å². The number of ether oxygens (including phenoxy) is 1. The second-order valence-electron chi connectivity index (χ2n) is 12.6. The predicted octanol–water partition coefficient (Wildman–Crippen LogP) is 13.6. The van der Waals surface area contributed by atoms with Crippen molar-refractivity contribution in [2.45, 2.75) is 219 Å². The quantitative estimate of drug-likeness (QED) is 0.0443. The van der Waals surface area contributed by atoms with Gasteiger partial charge in [0.25, 0.3) is 0 Å². The fourth-order valence-corrected chi connectivity index (χ4v) is 5.60. The first-order valence-electron chi connectivity index (χ1n) is 18.6. The number of rotatable bonds is 34. The third kappa shape index (κ3) is 35.2. The molecule has 0 aliphatic rings. The number of allylic oxidation sites excluding steroid dienone is 2. The summed E-state index contributed by atoms with van der Waals surface area (Å²) in [7, 11) is 0. The van der Waals surface area contributed by atoms with Gasteiger partial charge in [-0.05, 0) is 38.5 Å². The first kappa shape index (κ1) is 39.2. The highest BCUT2D eigenvalue weighted by Crippen LogP contribution is 2.15. The van der Waals surface area contributed by atoms with Crippen LogP contribution in [0.2, 0.25) is 0 Å². The highest BCUT2D eigenvalue weighted by atomic mass is 16.5. The molecule has 0 spiro atoms. The summed E-state index contributed by atoms with van der Waals surface area (Å²) in [4.78, 5) is 11.9. The molecule has 0 amide bonds. The van der Waals surface area contributed by atoms with E-state index in [4.69, 9.17) is 4.74 Å². The van der Waals surface area contributed by atoms with Crippen LogP contribution in [0.5, 0.6) is 0 Å². The van der Waals surface area contributed by atoms with Gasteiger partial charge in [0.15, 0.2) is 0 Å². The third-order valence-corrected chi connectivity index (χ3v) is 8.40. The molecule has 0 aromatic carbocycles. The largest absolute Gasteiger partial charge is 0.466 e. The third-order valence-electron chi connectivity index (χ3n) is 8.40. The Kier molecular flexibility index (Phi) is 35.5. The molecule has 0 rings (SSSR count). The van der Waals surface area contributed by atoms with Crippen molar-refractivity contribution in [3.05, 3.63) is 12.2 Å². The van der Waals surface area contributed by atoms with Gasteiger partial charge in [-0.3, -0.25) is 4.79 Å². The first-order valence-corrected chi connectivity index (χ1v) is 18.6. The Bertz CT molecular complexity index is 498. The van der Waals surface area contributed by atoms with Crippen LogP contribution < -0.4 is 0 Å². The van der Waals surface area contributed by atoms with E-state index in [-0.39, 0.29) is 5.97 Å². The van der Waals surface area contributed by atoms with Gasteiger partial charge in [-0.25, -0.2) is 0 Å². The van der Waals surface area contributed by atoms with Crippen molar-refractivity contribution in [2.75, 3.05) is 6.61 Å². The molecular formula is C38H74O2. The summed E-state index contributed by atoms with van der Waals surface area (Å²) in [6.45, 7) is 5.20. The maximum Gasteiger partial charge on any atom is 0.305 e. The minimum Gasteiger partial charge on any atom is -0.466 e. The first-order chi connectivity index (χ1) is 19.8. The molecule has 0 aliphatic heterocycles. The van der Waals surface area contributed by atoms with E-state index in [1.807, 2.05) is 0 Å². The summed E-state index contributed by atoms with van der Waals surface area (Å²) in [5.41, 5.74) is 0. The molecule has 0 saturated carbocycles. The Labute approximate surface area is 253 Å². The maximum absolute atomic E-state index is 11.9. The summed E-state index contributed by atoms with van der Waals surface area (Å²) in [5, 5.41) is 0. The summed E-state index contributed by atoms with van der Waals surface area (Å²) in [6, 6.07) is 0. The van der Waals surface area contributed by atoms with Crippen molar-refractivity contribution >= 4 is 5.97 Å². The second-order valence-corrected chi connectivity index (χ2v) is 12.6. The summed E-state index contributed by atoms with van der Waals surface area (Å²) >= 11 is 0. The number of carbonyl (C=O) groups is 1. The van der Waals surface area contributed by atoms with E-state index in [1.165, 1.54) is 186 Å². The molecule has 40 heavy (non-hydrogen) atoms. The highest BCUT2D eigenvalue weighted by molar-refractivity contribution is 5.69. The molecule has 0 radical (unpaired) electrons. The Morgan fingerprint density at radius 2 is 0.700 bits per heavy atom. The summed E-state index contributed by atoms with van der Waals surface area (Å²) < 4.78 is 5.44. The van der Waals surface area contributed by atoms with Gasteiger partial charge >= 0.3 is 5.97 Å². The van der Waals surface area contributed by atoms with E-state index < -0.39 is 0 Å². The van der Waals surface area contributed by atoms with Gasteiger partial charge in [0.2, 0.25) is 0 Å². The molecule has 0 bridgehead atoms. The zero-order valence-corrected chi connectivity index (χ0v) is 27.8. The number of hydrogen-bond donors (Lipinski definition) is 0. The van der Waals surface area contributed by atoms with E-state index in [1.54, 1.807) is 0 Å². The summed E-state index contributed by atoms with van der Waals surface area (Å²) in [5.74, 6) is 0.0219. The number of carbonyl (C=O) groups excluding carboxylic acids is 1. The van der Waals surface area contributed by atoms with Crippen molar-refractivity contribution in [1.29, 1.82) is 0 Å². The van der Waals surface area contributed by atoms with Crippen molar-refractivity contribution in [2.24, 2.45) is 0 Å². The van der Waals surface area contributed by atoms with E-state index in [0.29, 0.717) is 13.0 Å². The summed E-state index contributed by atoms with van der Waals surface area (Å²) in [6.07, 6.45) is 47.1. The molecule has 0 atom stereocenters. The Balaban J connectivity index is 3.18. The predicted molar refractivity (Wildman–Crippen MR) is 179 cm³/mol. The van der Waals surface area contributed by atoms with Crippen LogP contribution in [0.4, 0.5) is 0 Å². The molecule has 238 valence electrons. The zero-order chi connectivity index (χ0) is 29.0. The van der Waals surface area contributed by atoms with Gasteiger partial charge in [-0.2, -0.15) is 0 Å². The smallest absolute Gasteiger partial charge is 0.305 e. The molecule has 0 saturated heterocycles. The molecule has 2 nitrogen and oxygen atoms in total. The lowest BCUT2D eigenvalue weighted by atomic mass is 10.0. The molecule has 0 unspecified atom stereocenters. The van der Waals surface area contributed by atoms with Crippen LogP contribution in [0.25, 0.3) is 0 Å². The second kappa shape index (κ2) is 36.2. The molecule has 0 fully saturated rings. The average Bonchev–Trinajstić information content (AvgIpc) is 2.96. The van der Waals surface area contributed by atoms with Gasteiger partial charge in [-0.1, -0.05) is 187 Å². The van der Waals surface area contributed by atoms with E-state index in [0.717, 1.165) is 12.8 Å². The lowest BCUT2D eigenvalue weighted by molar-refractivity contribution is -0.143. The molecule has 0 N–H and O–H groups in total. The van der Waals surface area contributed by atoms with Gasteiger partial charge < -0.3 is 4.74 Å². The molecule has 0 aliphatic carbocycles. The minimum atomic E-state index is 0.0219. The number of hydrogen-bond acceptors (Lipinski definition) is 2. The number of unbranched alkanes of at least 4 members (excludes halogenated alkanes) is 28. The molecular weight excluding hydrogens is 488 g/mol. The number of esters is 1. The lowest BCUT2D eigenvalue weighted by Crippen LogP contribution is -2.05. The van der Waals surface area contributed by atoms with Crippen LogP contribution in [0.1, 0.15) is 219 Å². The highest BCUT2D eigenvalue weighted by Gasteiger charge is 2.02. The molecule has 0 aromatic rings. The SMILES string of the molecule is CCCCCCCC/C=C\CCCCCCCCOC(=O)CCCCCCCCCCCCCCCCCCC. The van der Waals surface area contributed by atoms with E-state index in [9.17, 15) is 4.79 Å². The topological polar surface area (TPSA) is 26.3 Å². The van der Waals surface area contributed by atoms with E-state index in [2.05, 4.69) is 26.0 Å². The van der Waals surface area contributed by atoms with Crippen LogP contribution in [0, 0.1) is 0 Å². The average molecular weight is 563 g/mol. The fraction of sp³-hybridized carbons (Fsp3) is 0.921. The van der Waals surface area contributed by atoms with Gasteiger partial charge in [0.1, 0.15) is 0 Å². The standard InChI is InChI=1S/C38H74O2/c1-3-5-7-9-11-13-15-17-19-21-22-24-26-28-30-32-34-36-38(39)40-37-35-33-31-29-27-25-23-20-18-16-14-12-10-8-6-4-2/h18,20H,3-17,19,21-37H2,1-2H3/b20-18-. The van der Waals surface area contributed by atoms with Crippen LogP contribution in [-0.2, 0) is 9.53 Å². The Hall–Kier alpha value is -0.790. The lowest BCUT2D eigenvalue weighted by Gasteiger charge is -2.05. The van der Waals surface area contributed by atoms with Crippen LogP contribution in [-0.4, -0.2) is 12.6 Å². The minimum absolute atomic E-state index is 0.0219. The maximum atomic E-state index is 11.9. The van der Waals surface area contributed by atoms with Gasteiger partial charge in [0, 0.05) is 6.42 Å². The molecule has 0 aromatic heterocycles. The van der Waals surface area contributed by atoms with Crippen LogP contribution >= 0.6 is 0 Å². The van der Waals surface area contributed by atoms with Gasteiger partial charge in [-0.15, -0.1) is 0 Å². The molecule has 2 heteroatoms. The van der Waals surface area contributed by atoms with Crippen molar-refractivity contribution in [3.63, 3.8) is 0 Å². The fourth-order valence-electron chi connectivity index (χ4n) is 5.60. The molecule has 0 heterocycles.